The lowest BCUT2D eigenvalue weighted by atomic mass is 9.95. The molecule has 0 saturated carbocycles. The van der Waals surface area contributed by atoms with Crippen LogP contribution >= 0.6 is 11.5 Å². The van der Waals surface area contributed by atoms with E-state index in [0.29, 0.717) is 5.92 Å². The molecular formula is C20H23N7S. The van der Waals surface area contributed by atoms with E-state index in [2.05, 4.69) is 48.6 Å². The summed E-state index contributed by atoms with van der Waals surface area (Å²) in [6.07, 6.45) is 10.5. The number of rotatable bonds is 4. The van der Waals surface area contributed by atoms with E-state index < -0.39 is 0 Å². The summed E-state index contributed by atoms with van der Waals surface area (Å²) in [6.45, 7) is 4.08. The van der Waals surface area contributed by atoms with Crippen molar-refractivity contribution in [1.29, 1.82) is 0 Å². The molecule has 1 aliphatic heterocycles. The van der Waals surface area contributed by atoms with Gasteiger partial charge in [-0.3, -0.25) is 4.40 Å². The summed E-state index contributed by atoms with van der Waals surface area (Å²) in [7, 11) is 2.04. The normalized spacial score (nSPS) is 15.4. The van der Waals surface area contributed by atoms with Crippen LogP contribution < -0.4 is 10.6 Å². The largest absolute Gasteiger partial charge is 0.357 e. The standard InChI is InChI=1S/C20H23N7S/c1-13-9-18(28-25-13)24-19-20-22-10-17(15-5-8-26(2)11-15)27(20)12-16(23-19)14-3-6-21-7-4-14/h5,8-12,14,21H,3-4,6-7H2,1-2H3,(H,23,24). The fraction of sp³-hybridized carbons (Fsp3) is 0.350. The highest BCUT2D eigenvalue weighted by Gasteiger charge is 2.21. The van der Waals surface area contributed by atoms with Gasteiger partial charge in [0, 0.05) is 37.1 Å². The zero-order valence-corrected chi connectivity index (χ0v) is 16.8. The third-order valence-electron chi connectivity index (χ3n) is 5.27. The van der Waals surface area contributed by atoms with Crippen LogP contribution in [-0.2, 0) is 7.05 Å². The lowest BCUT2D eigenvalue weighted by Crippen LogP contribution is -2.27. The van der Waals surface area contributed by atoms with Gasteiger partial charge in [-0.25, -0.2) is 9.97 Å². The van der Waals surface area contributed by atoms with E-state index in [4.69, 9.17) is 9.97 Å². The molecule has 0 radical (unpaired) electrons. The van der Waals surface area contributed by atoms with Crippen LogP contribution in [0.1, 0.15) is 30.1 Å². The highest BCUT2D eigenvalue weighted by atomic mass is 32.1. The summed E-state index contributed by atoms with van der Waals surface area (Å²) in [5.41, 5.74) is 5.19. The Morgan fingerprint density at radius 2 is 2.11 bits per heavy atom. The molecule has 1 saturated heterocycles. The van der Waals surface area contributed by atoms with E-state index in [1.54, 1.807) is 0 Å². The summed E-state index contributed by atoms with van der Waals surface area (Å²) in [5, 5.41) is 7.88. The topological polar surface area (TPSA) is 72.1 Å². The molecule has 5 rings (SSSR count). The average molecular weight is 394 g/mol. The second-order valence-corrected chi connectivity index (χ2v) is 8.20. The van der Waals surface area contributed by atoms with E-state index >= 15 is 0 Å². The van der Waals surface area contributed by atoms with Crippen LogP contribution in [0, 0.1) is 6.92 Å². The van der Waals surface area contributed by atoms with Crippen LogP contribution in [0.5, 0.6) is 0 Å². The number of piperidine rings is 1. The molecule has 0 spiro atoms. The van der Waals surface area contributed by atoms with E-state index in [9.17, 15) is 0 Å². The zero-order valence-electron chi connectivity index (χ0n) is 16.0. The first-order valence-electron chi connectivity index (χ1n) is 9.59. The van der Waals surface area contributed by atoms with Gasteiger partial charge in [0.1, 0.15) is 5.00 Å². The third kappa shape index (κ3) is 3.18. The van der Waals surface area contributed by atoms with Crippen molar-refractivity contribution in [3.05, 3.63) is 48.3 Å². The molecule has 1 fully saturated rings. The summed E-state index contributed by atoms with van der Waals surface area (Å²) in [4.78, 5) is 9.69. The van der Waals surface area contributed by atoms with Crippen molar-refractivity contribution in [2.45, 2.75) is 25.7 Å². The Labute approximate surface area is 167 Å². The maximum atomic E-state index is 4.99. The lowest BCUT2D eigenvalue weighted by Gasteiger charge is -2.23. The smallest absolute Gasteiger partial charge is 0.180 e. The number of nitrogens with one attached hydrogen (secondary N) is 2. The fourth-order valence-corrected chi connectivity index (χ4v) is 4.47. The lowest BCUT2D eigenvalue weighted by molar-refractivity contribution is 0.452. The van der Waals surface area contributed by atoms with Crippen molar-refractivity contribution in [3.8, 4) is 11.3 Å². The molecule has 0 aliphatic carbocycles. The van der Waals surface area contributed by atoms with Gasteiger partial charge in [0.15, 0.2) is 11.5 Å². The van der Waals surface area contributed by atoms with Crippen LogP contribution in [0.4, 0.5) is 10.8 Å². The number of hydrogen-bond acceptors (Lipinski definition) is 6. The van der Waals surface area contributed by atoms with Crippen molar-refractivity contribution in [1.82, 2.24) is 28.6 Å². The molecule has 144 valence electrons. The Morgan fingerprint density at radius 3 is 2.82 bits per heavy atom. The van der Waals surface area contributed by atoms with Gasteiger partial charge < -0.3 is 15.2 Å². The summed E-state index contributed by atoms with van der Waals surface area (Å²) in [5.74, 6) is 1.25. The second kappa shape index (κ2) is 7.03. The number of aryl methyl sites for hydroxylation is 2. The maximum Gasteiger partial charge on any atom is 0.180 e. The van der Waals surface area contributed by atoms with Crippen LogP contribution in [0.25, 0.3) is 16.9 Å². The molecule has 0 bridgehead atoms. The molecule has 0 aromatic carbocycles. The summed E-state index contributed by atoms with van der Waals surface area (Å²) >= 11 is 1.45. The van der Waals surface area contributed by atoms with E-state index in [1.165, 1.54) is 11.5 Å². The van der Waals surface area contributed by atoms with Gasteiger partial charge in [0.25, 0.3) is 0 Å². The first-order valence-corrected chi connectivity index (χ1v) is 10.4. The van der Waals surface area contributed by atoms with Gasteiger partial charge >= 0.3 is 0 Å². The summed E-state index contributed by atoms with van der Waals surface area (Å²) in [6, 6.07) is 4.16. The number of aromatic nitrogens is 5. The minimum atomic E-state index is 0.459. The van der Waals surface area contributed by atoms with Crippen molar-refractivity contribution in [2.24, 2.45) is 7.05 Å². The zero-order chi connectivity index (χ0) is 19.1. The molecule has 2 N–H and O–H groups in total. The Morgan fingerprint density at radius 1 is 1.25 bits per heavy atom. The van der Waals surface area contributed by atoms with Gasteiger partial charge in [0.05, 0.1) is 23.3 Å². The van der Waals surface area contributed by atoms with Crippen molar-refractivity contribution in [3.63, 3.8) is 0 Å². The first kappa shape index (κ1) is 17.4. The molecule has 4 aromatic rings. The molecule has 0 amide bonds. The third-order valence-corrected chi connectivity index (χ3v) is 6.06. The highest BCUT2D eigenvalue weighted by Crippen LogP contribution is 2.31. The van der Waals surface area contributed by atoms with Crippen molar-refractivity contribution < 1.29 is 0 Å². The van der Waals surface area contributed by atoms with Gasteiger partial charge in [-0.05, 0) is 56.5 Å². The average Bonchev–Trinajstić information content (AvgIpc) is 3.42. The molecular weight excluding hydrogens is 370 g/mol. The van der Waals surface area contributed by atoms with Crippen LogP contribution in [0.3, 0.4) is 0 Å². The minimum Gasteiger partial charge on any atom is -0.357 e. The minimum absolute atomic E-state index is 0.459. The van der Waals surface area contributed by atoms with E-state index in [0.717, 1.165) is 65.0 Å². The molecule has 28 heavy (non-hydrogen) atoms. The Bertz CT molecular complexity index is 1120. The number of fused-ring (bicyclic) bond motifs is 1. The second-order valence-electron chi connectivity index (χ2n) is 7.40. The number of hydrogen-bond donors (Lipinski definition) is 2. The Hall–Kier alpha value is -2.71. The monoisotopic (exact) mass is 393 g/mol. The first-order chi connectivity index (χ1) is 13.7. The molecule has 4 aromatic heterocycles. The van der Waals surface area contributed by atoms with Crippen LogP contribution in [-0.4, -0.2) is 36.4 Å². The van der Waals surface area contributed by atoms with E-state index in [-0.39, 0.29) is 0 Å². The number of imidazole rings is 1. The highest BCUT2D eigenvalue weighted by molar-refractivity contribution is 7.10. The molecule has 0 atom stereocenters. The van der Waals surface area contributed by atoms with Crippen molar-refractivity contribution >= 4 is 28.0 Å². The van der Waals surface area contributed by atoms with Gasteiger partial charge in [0.2, 0.25) is 0 Å². The SMILES string of the molecule is Cc1cc(Nc2nc(C3CCNCC3)cn3c(-c4ccn(C)c4)cnc23)sn1. The van der Waals surface area contributed by atoms with Crippen LogP contribution in [0.15, 0.2) is 36.9 Å². The molecule has 5 heterocycles. The molecule has 1 aliphatic rings. The van der Waals surface area contributed by atoms with Gasteiger partial charge in [-0.2, -0.15) is 4.37 Å². The fourth-order valence-electron chi connectivity index (χ4n) is 3.81. The van der Waals surface area contributed by atoms with Gasteiger partial charge in [-0.15, -0.1) is 0 Å². The Balaban J connectivity index is 1.64. The Kier molecular flexibility index (Phi) is 4.37. The number of nitrogens with zero attached hydrogens (tertiary/aromatic N) is 5. The van der Waals surface area contributed by atoms with E-state index in [1.807, 2.05) is 26.2 Å². The molecule has 8 heteroatoms. The predicted octanol–water partition coefficient (Wildman–Crippen LogP) is 3.71. The predicted molar refractivity (Wildman–Crippen MR) is 112 cm³/mol. The quantitative estimate of drug-likeness (QED) is 0.553. The van der Waals surface area contributed by atoms with Crippen molar-refractivity contribution in [2.75, 3.05) is 18.4 Å². The van der Waals surface area contributed by atoms with Gasteiger partial charge in [-0.1, -0.05) is 0 Å². The molecule has 7 nitrogen and oxygen atoms in total. The molecule has 0 unspecified atom stereocenters. The van der Waals surface area contributed by atoms with Crippen LogP contribution in [0.2, 0.25) is 0 Å². The number of anilines is 2. The maximum absolute atomic E-state index is 4.99. The summed E-state index contributed by atoms with van der Waals surface area (Å²) < 4.78 is 8.61.